The summed E-state index contributed by atoms with van der Waals surface area (Å²) in [7, 11) is 0. The second-order valence-corrected chi connectivity index (χ2v) is 5.43. The molecule has 0 saturated carbocycles. The van der Waals surface area contributed by atoms with Crippen molar-refractivity contribution in [3.8, 4) is 5.75 Å². The molecule has 1 aliphatic rings. The zero-order valence-corrected chi connectivity index (χ0v) is 13.1. The van der Waals surface area contributed by atoms with Crippen LogP contribution in [0.2, 0.25) is 0 Å². The van der Waals surface area contributed by atoms with Gasteiger partial charge in [0.15, 0.2) is 6.61 Å². The number of hydrazone groups is 1. The molecular formula is C16H21N3O3. The van der Waals surface area contributed by atoms with Gasteiger partial charge < -0.3 is 10.1 Å². The van der Waals surface area contributed by atoms with E-state index < -0.39 is 0 Å². The minimum absolute atomic E-state index is 0.0321. The zero-order chi connectivity index (χ0) is 16.1. The maximum Gasteiger partial charge on any atom is 0.257 e. The Balaban J connectivity index is 1.75. The highest BCUT2D eigenvalue weighted by molar-refractivity contribution is 6.06. The number of nitrogens with one attached hydrogen (secondary N) is 2. The fourth-order valence-electron chi connectivity index (χ4n) is 2.40. The first-order chi connectivity index (χ1) is 10.5. The normalized spacial score (nSPS) is 17.0. The van der Waals surface area contributed by atoms with Crippen molar-refractivity contribution >= 4 is 17.5 Å². The summed E-state index contributed by atoms with van der Waals surface area (Å²) < 4.78 is 5.58. The molecule has 0 radical (unpaired) electrons. The molecular weight excluding hydrogens is 282 g/mol. The molecule has 0 aliphatic carbocycles. The van der Waals surface area contributed by atoms with Gasteiger partial charge in [0, 0.05) is 12.3 Å². The summed E-state index contributed by atoms with van der Waals surface area (Å²) in [6, 6.07) is 5.84. The molecule has 1 heterocycles. The highest BCUT2D eigenvalue weighted by atomic mass is 16.5. The summed E-state index contributed by atoms with van der Waals surface area (Å²) in [5.41, 5.74) is 5.19. The number of benzene rings is 1. The number of aryl methyl sites for hydroxylation is 2. The Hall–Kier alpha value is -2.37. The van der Waals surface area contributed by atoms with Crippen LogP contribution >= 0.6 is 0 Å². The van der Waals surface area contributed by atoms with Gasteiger partial charge in [-0.2, -0.15) is 5.10 Å². The lowest BCUT2D eigenvalue weighted by Crippen LogP contribution is -2.33. The fourth-order valence-corrected chi connectivity index (χ4v) is 2.40. The van der Waals surface area contributed by atoms with E-state index in [0.717, 1.165) is 22.6 Å². The highest BCUT2D eigenvalue weighted by Crippen LogP contribution is 2.22. The van der Waals surface area contributed by atoms with E-state index in [4.69, 9.17) is 4.74 Å². The van der Waals surface area contributed by atoms with Crippen LogP contribution in [0, 0.1) is 19.8 Å². The van der Waals surface area contributed by atoms with E-state index in [1.165, 1.54) is 0 Å². The highest BCUT2D eigenvalue weighted by Gasteiger charge is 2.26. The maximum absolute atomic E-state index is 11.8. The number of rotatable bonds is 6. The summed E-state index contributed by atoms with van der Waals surface area (Å²) in [4.78, 5) is 23.3. The lowest BCUT2D eigenvalue weighted by Gasteiger charge is -2.12. The molecule has 1 atom stereocenters. The fraction of sp³-hybridized carbons (Fsp3) is 0.438. The van der Waals surface area contributed by atoms with Gasteiger partial charge in [0.2, 0.25) is 5.91 Å². The standard InChI is InChI=1S/C16H21N3O3/c1-10-5-4-6-11(2)15(10)22-9-14(20)17-8-7-13-12(3)18-19-16(13)21/h4-6,13H,7-9H2,1-3H3,(H,17,20)(H,19,21)/t13-/m0/s1. The van der Waals surface area contributed by atoms with E-state index in [2.05, 4.69) is 15.8 Å². The van der Waals surface area contributed by atoms with E-state index in [0.29, 0.717) is 13.0 Å². The first-order valence-electron chi connectivity index (χ1n) is 7.28. The van der Waals surface area contributed by atoms with Crippen LogP contribution < -0.4 is 15.5 Å². The second kappa shape index (κ2) is 7.06. The molecule has 0 spiro atoms. The summed E-state index contributed by atoms with van der Waals surface area (Å²) in [5.74, 6) is 0.185. The van der Waals surface area contributed by atoms with Gasteiger partial charge in [-0.3, -0.25) is 9.59 Å². The van der Waals surface area contributed by atoms with Gasteiger partial charge in [-0.1, -0.05) is 18.2 Å². The number of amides is 2. The molecule has 0 unspecified atom stereocenters. The zero-order valence-electron chi connectivity index (χ0n) is 13.1. The van der Waals surface area contributed by atoms with Crippen LogP contribution in [0.25, 0.3) is 0 Å². The molecule has 6 heteroatoms. The number of nitrogens with zero attached hydrogens (tertiary/aromatic N) is 1. The monoisotopic (exact) mass is 303 g/mol. The predicted molar refractivity (Wildman–Crippen MR) is 83.8 cm³/mol. The Morgan fingerprint density at radius 1 is 1.32 bits per heavy atom. The van der Waals surface area contributed by atoms with Crippen LogP contribution in [0.15, 0.2) is 23.3 Å². The molecule has 6 nitrogen and oxygen atoms in total. The Kier molecular flexibility index (Phi) is 5.14. The Morgan fingerprint density at radius 2 is 2.00 bits per heavy atom. The third kappa shape index (κ3) is 3.84. The molecule has 0 saturated heterocycles. The van der Waals surface area contributed by atoms with Crippen LogP contribution in [0.4, 0.5) is 0 Å². The van der Waals surface area contributed by atoms with Crippen molar-refractivity contribution in [2.45, 2.75) is 27.2 Å². The summed E-state index contributed by atoms with van der Waals surface area (Å²) >= 11 is 0. The van der Waals surface area contributed by atoms with Gasteiger partial charge in [0.25, 0.3) is 5.91 Å². The van der Waals surface area contributed by atoms with Gasteiger partial charge >= 0.3 is 0 Å². The molecule has 0 bridgehead atoms. The Bertz CT molecular complexity index is 590. The third-order valence-corrected chi connectivity index (χ3v) is 3.67. The van der Waals surface area contributed by atoms with Gasteiger partial charge in [-0.05, 0) is 38.3 Å². The van der Waals surface area contributed by atoms with Crippen LogP contribution in [0.3, 0.4) is 0 Å². The van der Waals surface area contributed by atoms with Crippen molar-refractivity contribution in [2.75, 3.05) is 13.2 Å². The number of carbonyl (C=O) groups is 2. The molecule has 1 aliphatic heterocycles. The summed E-state index contributed by atoms with van der Waals surface area (Å²) in [6.07, 6.45) is 0.538. The molecule has 2 amide bonds. The first kappa shape index (κ1) is 16.0. The summed E-state index contributed by atoms with van der Waals surface area (Å²) in [6.45, 7) is 6.08. The van der Waals surface area contributed by atoms with Gasteiger partial charge in [-0.25, -0.2) is 5.43 Å². The van der Waals surface area contributed by atoms with Crippen LogP contribution in [-0.2, 0) is 9.59 Å². The smallest absolute Gasteiger partial charge is 0.257 e. The van der Waals surface area contributed by atoms with E-state index >= 15 is 0 Å². The lowest BCUT2D eigenvalue weighted by atomic mass is 10.0. The molecule has 0 aromatic heterocycles. The van der Waals surface area contributed by atoms with Crippen molar-refractivity contribution in [3.63, 3.8) is 0 Å². The minimum Gasteiger partial charge on any atom is -0.483 e. The van der Waals surface area contributed by atoms with E-state index in [-0.39, 0.29) is 24.3 Å². The lowest BCUT2D eigenvalue weighted by molar-refractivity contribution is -0.124. The van der Waals surface area contributed by atoms with E-state index in [1.807, 2.05) is 32.0 Å². The van der Waals surface area contributed by atoms with Crippen molar-refractivity contribution in [3.05, 3.63) is 29.3 Å². The molecule has 2 rings (SSSR count). The average Bonchev–Trinajstić information content (AvgIpc) is 2.78. The van der Waals surface area contributed by atoms with Gasteiger partial charge in [0.05, 0.1) is 5.92 Å². The SMILES string of the molecule is CC1=NNC(=O)[C@H]1CCNC(=O)COc1c(C)cccc1C. The van der Waals surface area contributed by atoms with Crippen molar-refractivity contribution in [2.24, 2.45) is 11.0 Å². The molecule has 0 fully saturated rings. The Labute approximate surface area is 129 Å². The van der Waals surface area contributed by atoms with Crippen LogP contribution in [-0.4, -0.2) is 30.7 Å². The molecule has 2 N–H and O–H groups in total. The first-order valence-corrected chi connectivity index (χ1v) is 7.28. The topological polar surface area (TPSA) is 79.8 Å². The predicted octanol–water partition coefficient (Wildman–Crippen LogP) is 1.31. The number of hydrogen-bond donors (Lipinski definition) is 2. The minimum atomic E-state index is -0.250. The number of ether oxygens (including phenoxy) is 1. The quantitative estimate of drug-likeness (QED) is 0.831. The third-order valence-electron chi connectivity index (χ3n) is 3.67. The largest absolute Gasteiger partial charge is 0.483 e. The van der Waals surface area contributed by atoms with Gasteiger partial charge in [0.1, 0.15) is 5.75 Å². The van der Waals surface area contributed by atoms with Crippen LogP contribution in [0.5, 0.6) is 5.75 Å². The summed E-state index contributed by atoms with van der Waals surface area (Å²) in [5, 5.41) is 6.63. The number of para-hydroxylation sites is 1. The van der Waals surface area contributed by atoms with E-state index in [1.54, 1.807) is 6.92 Å². The molecule has 1 aromatic carbocycles. The second-order valence-electron chi connectivity index (χ2n) is 5.43. The number of carbonyl (C=O) groups excluding carboxylic acids is 2. The molecule has 118 valence electrons. The Morgan fingerprint density at radius 3 is 2.59 bits per heavy atom. The van der Waals surface area contributed by atoms with Crippen molar-refractivity contribution in [1.82, 2.24) is 10.7 Å². The molecule has 22 heavy (non-hydrogen) atoms. The van der Waals surface area contributed by atoms with Crippen LogP contribution in [0.1, 0.15) is 24.5 Å². The van der Waals surface area contributed by atoms with Crippen molar-refractivity contribution < 1.29 is 14.3 Å². The van der Waals surface area contributed by atoms with Crippen molar-refractivity contribution in [1.29, 1.82) is 0 Å². The number of hydrogen-bond acceptors (Lipinski definition) is 4. The maximum atomic E-state index is 11.8. The average molecular weight is 303 g/mol. The molecule has 1 aromatic rings. The van der Waals surface area contributed by atoms with E-state index in [9.17, 15) is 9.59 Å². The van der Waals surface area contributed by atoms with Gasteiger partial charge in [-0.15, -0.1) is 0 Å².